The lowest BCUT2D eigenvalue weighted by Crippen LogP contribution is -2.33. The number of hydrogen-bond acceptors (Lipinski definition) is 4. The highest BCUT2D eigenvalue weighted by Crippen LogP contribution is 1.97. The number of aliphatic hydroxyl groups is 1. The van der Waals surface area contributed by atoms with Crippen LogP contribution in [-0.2, 0) is 0 Å². The van der Waals surface area contributed by atoms with Gasteiger partial charge >= 0.3 is 5.63 Å². The van der Waals surface area contributed by atoms with Crippen LogP contribution in [0.2, 0.25) is 0 Å². The van der Waals surface area contributed by atoms with Crippen LogP contribution in [0.25, 0.3) is 0 Å². The maximum Gasteiger partial charge on any atom is 0.335 e. The number of nitrogens with one attached hydrogen (secondary N) is 1. The Bertz CT molecular complexity index is 365. The zero-order chi connectivity index (χ0) is 11.3. The molecule has 0 aliphatic carbocycles. The number of aliphatic hydroxyl groups excluding tert-OH is 1. The highest BCUT2D eigenvalue weighted by atomic mass is 16.4. The molecule has 0 aliphatic heterocycles. The SMILES string of the molecule is CC(CCO)NC(=O)c1ccc(=O)oc1. The normalized spacial score (nSPS) is 12.1. The predicted molar refractivity (Wildman–Crippen MR) is 53.6 cm³/mol. The maximum atomic E-state index is 11.5. The van der Waals surface area contributed by atoms with Gasteiger partial charge in [0.1, 0.15) is 6.26 Å². The molecule has 0 fully saturated rings. The van der Waals surface area contributed by atoms with Crippen molar-refractivity contribution >= 4 is 5.91 Å². The molecule has 5 heteroatoms. The molecule has 1 aromatic rings. The van der Waals surface area contributed by atoms with Crippen molar-refractivity contribution in [2.24, 2.45) is 0 Å². The third-order valence-electron chi connectivity index (χ3n) is 1.90. The lowest BCUT2D eigenvalue weighted by atomic mass is 10.2. The van der Waals surface area contributed by atoms with Gasteiger partial charge in [-0.2, -0.15) is 0 Å². The molecule has 0 bridgehead atoms. The van der Waals surface area contributed by atoms with Crippen LogP contribution in [0.1, 0.15) is 23.7 Å². The topological polar surface area (TPSA) is 79.5 Å². The standard InChI is InChI=1S/C10H13NO4/c1-7(4-5-12)11-10(14)8-2-3-9(13)15-6-8/h2-3,6-7,12H,4-5H2,1H3,(H,11,14). The van der Waals surface area contributed by atoms with Gasteiger partial charge in [0.05, 0.1) is 5.56 Å². The lowest BCUT2D eigenvalue weighted by Gasteiger charge is -2.11. The van der Waals surface area contributed by atoms with Crippen LogP contribution in [0.4, 0.5) is 0 Å². The predicted octanol–water partition coefficient (Wildman–Crippen LogP) is 0.141. The lowest BCUT2D eigenvalue weighted by molar-refractivity contribution is 0.0932. The Balaban J connectivity index is 2.61. The number of rotatable bonds is 4. The van der Waals surface area contributed by atoms with Gasteiger partial charge in [-0.05, 0) is 19.4 Å². The van der Waals surface area contributed by atoms with Crippen LogP contribution >= 0.6 is 0 Å². The van der Waals surface area contributed by atoms with Crippen molar-refractivity contribution < 1.29 is 14.3 Å². The van der Waals surface area contributed by atoms with E-state index in [1.54, 1.807) is 6.92 Å². The Morgan fingerprint density at radius 2 is 2.33 bits per heavy atom. The third-order valence-corrected chi connectivity index (χ3v) is 1.90. The molecule has 1 atom stereocenters. The van der Waals surface area contributed by atoms with E-state index in [-0.39, 0.29) is 18.6 Å². The van der Waals surface area contributed by atoms with E-state index < -0.39 is 5.63 Å². The Morgan fingerprint density at radius 3 is 2.87 bits per heavy atom. The summed E-state index contributed by atoms with van der Waals surface area (Å²) >= 11 is 0. The first-order chi connectivity index (χ1) is 7.13. The molecule has 0 spiro atoms. The Kier molecular flexibility index (Phi) is 4.05. The molecule has 1 unspecified atom stereocenters. The van der Waals surface area contributed by atoms with Crippen molar-refractivity contribution in [3.8, 4) is 0 Å². The summed E-state index contributed by atoms with van der Waals surface area (Å²) in [6, 6.07) is 2.47. The van der Waals surface area contributed by atoms with Gasteiger partial charge in [0, 0.05) is 18.7 Å². The van der Waals surface area contributed by atoms with Gasteiger partial charge in [-0.15, -0.1) is 0 Å². The number of carbonyl (C=O) groups is 1. The zero-order valence-corrected chi connectivity index (χ0v) is 8.40. The molecule has 15 heavy (non-hydrogen) atoms. The van der Waals surface area contributed by atoms with Gasteiger partial charge < -0.3 is 14.8 Å². The largest absolute Gasteiger partial charge is 0.430 e. The van der Waals surface area contributed by atoms with Crippen LogP contribution in [-0.4, -0.2) is 23.7 Å². The van der Waals surface area contributed by atoms with Gasteiger partial charge in [-0.1, -0.05) is 0 Å². The molecule has 0 radical (unpaired) electrons. The highest BCUT2D eigenvalue weighted by Gasteiger charge is 2.09. The van der Waals surface area contributed by atoms with Crippen LogP contribution in [0, 0.1) is 0 Å². The van der Waals surface area contributed by atoms with Gasteiger partial charge in [0.2, 0.25) is 0 Å². The fourth-order valence-electron chi connectivity index (χ4n) is 1.06. The molecule has 1 aromatic heterocycles. The highest BCUT2D eigenvalue weighted by molar-refractivity contribution is 5.93. The molecule has 0 saturated heterocycles. The molecular formula is C10H13NO4. The molecule has 2 N–H and O–H groups in total. The molecule has 0 aromatic carbocycles. The summed E-state index contributed by atoms with van der Waals surface area (Å²) in [7, 11) is 0. The van der Waals surface area contributed by atoms with Crippen molar-refractivity contribution in [2.45, 2.75) is 19.4 Å². The van der Waals surface area contributed by atoms with Crippen LogP contribution < -0.4 is 10.9 Å². The van der Waals surface area contributed by atoms with E-state index in [2.05, 4.69) is 9.73 Å². The van der Waals surface area contributed by atoms with Crippen LogP contribution in [0.5, 0.6) is 0 Å². The van der Waals surface area contributed by atoms with Crippen molar-refractivity contribution in [1.29, 1.82) is 0 Å². The molecule has 82 valence electrons. The van der Waals surface area contributed by atoms with Crippen molar-refractivity contribution in [1.82, 2.24) is 5.32 Å². The van der Waals surface area contributed by atoms with E-state index in [0.29, 0.717) is 12.0 Å². The first-order valence-corrected chi connectivity index (χ1v) is 4.64. The zero-order valence-electron chi connectivity index (χ0n) is 8.40. The second-order valence-corrected chi connectivity index (χ2v) is 3.23. The second-order valence-electron chi connectivity index (χ2n) is 3.23. The fraction of sp³-hybridized carbons (Fsp3) is 0.400. The first kappa shape index (κ1) is 11.5. The average Bonchev–Trinajstić information content (AvgIpc) is 2.18. The number of hydrogen-bond donors (Lipinski definition) is 2. The summed E-state index contributed by atoms with van der Waals surface area (Å²) in [6.07, 6.45) is 1.60. The number of amides is 1. The fourth-order valence-corrected chi connectivity index (χ4v) is 1.06. The van der Waals surface area contributed by atoms with E-state index in [0.717, 1.165) is 6.26 Å². The molecule has 0 saturated carbocycles. The molecule has 0 aliphatic rings. The maximum absolute atomic E-state index is 11.5. The van der Waals surface area contributed by atoms with Gasteiger partial charge in [0.25, 0.3) is 5.91 Å². The third kappa shape index (κ3) is 3.55. The Hall–Kier alpha value is -1.62. The Morgan fingerprint density at radius 1 is 1.60 bits per heavy atom. The smallest absolute Gasteiger partial charge is 0.335 e. The summed E-state index contributed by atoms with van der Waals surface area (Å²) in [5.41, 5.74) is -0.200. The summed E-state index contributed by atoms with van der Waals surface area (Å²) in [4.78, 5) is 22.1. The van der Waals surface area contributed by atoms with Gasteiger partial charge in [-0.3, -0.25) is 4.79 Å². The Labute approximate surface area is 86.7 Å². The van der Waals surface area contributed by atoms with Crippen molar-refractivity contribution in [3.05, 3.63) is 34.4 Å². The van der Waals surface area contributed by atoms with Gasteiger partial charge in [-0.25, -0.2) is 4.79 Å². The monoisotopic (exact) mass is 211 g/mol. The molecule has 1 rings (SSSR count). The minimum atomic E-state index is -0.491. The quantitative estimate of drug-likeness (QED) is 0.742. The van der Waals surface area contributed by atoms with E-state index >= 15 is 0 Å². The number of carbonyl (C=O) groups excluding carboxylic acids is 1. The average molecular weight is 211 g/mol. The molecule has 1 heterocycles. The first-order valence-electron chi connectivity index (χ1n) is 4.64. The summed E-state index contributed by atoms with van der Waals surface area (Å²) in [5, 5.41) is 11.3. The molecule has 1 amide bonds. The summed E-state index contributed by atoms with van der Waals surface area (Å²) in [6.45, 7) is 1.80. The van der Waals surface area contributed by atoms with E-state index in [1.807, 2.05) is 0 Å². The summed E-state index contributed by atoms with van der Waals surface area (Å²) in [5.74, 6) is -0.320. The minimum Gasteiger partial charge on any atom is -0.430 e. The van der Waals surface area contributed by atoms with E-state index in [1.165, 1.54) is 12.1 Å². The van der Waals surface area contributed by atoms with Crippen LogP contribution in [0.15, 0.2) is 27.6 Å². The van der Waals surface area contributed by atoms with E-state index in [4.69, 9.17) is 5.11 Å². The molecule has 5 nitrogen and oxygen atoms in total. The minimum absolute atomic E-state index is 0.0192. The second kappa shape index (κ2) is 5.31. The summed E-state index contributed by atoms with van der Waals surface area (Å²) < 4.78 is 4.56. The van der Waals surface area contributed by atoms with Crippen molar-refractivity contribution in [2.75, 3.05) is 6.61 Å². The van der Waals surface area contributed by atoms with Gasteiger partial charge in [0.15, 0.2) is 0 Å². The van der Waals surface area contributed by atoms with Crippen molar-refractivity contribution in [3.63, 3.8) is 0 Å². The molecular weight excluding hydrogens is 198 g/mol. The van der Waals surface area contributed by atoms with E-state index in [9.17, 15) is 9.59 Å². The van der Waals surface area contributed by atoms with Crippen LogP contribution in [0.3, 0.4) is 0 Å².